The number of aliphatic hydroxyl groups is 1. The van der Waals surface area contributed by atoms with Gasteiger partial charge >= 0.3 is 0 Å². The van der Waals surface area contributed by atoms with Crippen molar-refractivity contribution >= 4 is 11.0 Å². The molecule has 0 aliphatic rings. The average molecular weight is 323 g/mol. The maximum absolute atomic E-state index is 12.8. The largest absolute Gasteiger partial charge is 0.455 e. The summed E-state index contributed by atoms with van der Waals surface area (Å²) in [6.07, 6.45) is 0. The molecule has 2 aromatic carbocycles. The van der Waals surface area contributed by atoms with Gasteiger partial charge in [-0.3, -0.25) is 4.79 Å². The molecule has 3 rings (SSSR count). The number of rotatable bonds is 4. The minimum atomic E-state index is -0.0859. The smallest absolute Gasteiger partial charge is 0.196 e. The fraction of sp³-hybridized carbons (Fsp3) is 0.250. The average Bonchev–Trinajstić information content (AvgIpc) is 2.58. The molecule has 0 aliphatic heterocycles. The second-order valence-corrected chi connectivity index (χ2v) is 6.23. The first-order chi connectivity index (χ1) is 11.5. The van der Waals surface area contributed by atoms with E-state index in [9.17, 15) is 9.90 Å². The molecule has 0 fully saturated rings. The third-order valence-corrected chi connectivity index (χ3v) is 4.17. The molecular weight excluding hydrogens is 302 g/mol. The normalized spacial score (nSPS) is 11.4. The van der Waals surface area contributed by atoms with Crippen LogP contribution in [0.2, 0.25) is 0 Å². The van der Waals surface area contributed by atoms with Crippen molar-refractivity contribution in [3.05, 3.63) is 69.4 Å². The molecular formula is C20H21NO3. The standard InChI is InChI=1S/C20H21NO3/c1-13-18(23)16-10-9-15(12-22)17(11-21(2)3)20(16)24-19(13)14-7-5-4-6-8-14/h4-10,22H,11-12H2,1-3H3. The van der Waals surface area contributed by atoms with E-state index in [-0.39, 0.29) is 12.0 Å². The highest BCUT2D eigenvalue weighted by Crippen LogP contribution is 2.29. The third-order valence-electron chi connectivity index (χ3n) is 4.17. The van der Waals surface area contributed by atoms with Crippen molar-refractivity contribution in [2.75, 3.05) is 14.1 Å². The molecule has 4 nitrogen and oxygen atoms in total. The Morgan fingerprint density at radius 3 is 2.42 bits per heavy atom. The molecule has 0 saturated heterocycles. The van der Waals surface area contributed by atoms with E-state index in [2.05, 4.69) is 0 Å². The van der Waals surface area contributed by atoms with Crippen LogP contribution in [-0.4, -0.2) is 24.1 Å². The van der Waals surface area contributed by atoms with Crippen LogP contribution in [0.25, 0.3) is 22.3 Å². The number of benzene rings is 2. The lowest BCUT2D eigenvalue weighted by Gasteiger charge is -2.16. The molecule has 0 amide bonds. The Kier molecular flexibility index (Phi) is 4.51. The van der Waals surface area contributed by atoms with E-state index >= 15 is 0 Å². The van der Waals surface area contributed by atoms with Crippen molar-refractivity contribution in [2.45, 2.75) is 20.1 Å². The summed E-state index contributed by atoms with van der Waals surface area (Å²) >= 11 is 0. The number of aliphatic hydroxyl groups excluding tert-OH is 1. The molecule has 0 unspecified atom stereocenters. The first-order valence-corrected chi connectivity index (χ1v) is 7.92. The summed E-state index contributed by atoms with van der Waals surface area (Å²) in [5, 5.41) is 10.2. The molecule has 0 saturated carbocycles. The first-order valence-electron chi connectivity index (χ1n) is 7.92. The second kappa shape index (κ2) is 6.59. The fourth-order valence-electron chi connectivity index (χ4n) is 2.95. The summed E-state index contributed by atoms with van der Waals surface area (Å²) in [6, 6.07) is 13.2. The predicted molar refractivity (Wildman–Crippen MR) is 96.0 cm³/mol. The molecule has 1 N–H and O–H groups in total. The molecule has 1 aromatic heterocycles. The van der Waals surface area contributed by atoms with E-state index in [0.717, 1.165) is 16.7 Å². The van der Waals surface area contributed by atoms with Gasteiger partial charge in [-0.15, -0.1) is 0 Å². The fourth-order valence-corrected chi connectivity index (χ4v) is 2.95. The van der Waals surface area contributed by atoms with Gasteiger partial charge in [-0.05, 0) is 32.6 Å². The van der Waals surface area contributed by atoms with Gasteiger partial charge in [0.15, 0.2) is 5.43 Å². The number of nitrogens with zero attached hydrogens (tertiary/aromatic N) is 1. The van der Waals surface area contributed by atoms with Crippen molar-refractivity contribution in [3.8, 4) is 11.3 Å². The van der Waals surface area contributed by atoms with Crippen molar-refractivity contribution in [3.63, 3.8) is 0 Å². The molecule has 124 valence electrons. The molecule has 0 radical (unpaired) electrons. The summed E-state index contributed by atoms with van der Waals surface area (Å²) < 4.78 is 6.20. The van der Waals surface area contributed by atoms with Crippen LogP contribution in [0.15, 0.2) is 51.7 Å². The van der Waals surface area contributed by atoms with E-state index in [4.69, 9.17) is 4.42 Å². The number of hydrogen-bond acceptors (Lipinski definition) is 4. The van der Waals surface area contributed by atoms with Gasteiger partial charge in [-0.1, -0.05) is 36.4 Å². The van der Waals surface area contributed by atoms with E-state index in [0.29, 0.717) is 28.8 Å². The van der Waals surface area contributed by atoms with Crippen molar-refractivity contribution in [1.82, 2.24) is 4.90 Å². The van der Waals surface area contributed by atoms with E-state index in [1.807, 2.05) is 49.3 Å². The van der Waals surface area contributed by atoms with Crippen LogP contribution >= 0.6 is 0 Å². The summed E-state index contributed by atoms with van der Waals surface area (Å²) in [5.74, 6) is 0.586. The third kappa shape index (κ3) is 2.86. The Morgan fingerprint density at radius 2 is 1.79 bits per heavy atom. The van der Waals surface area contributed by atoms with Crippen LogP contribution in [0, 0.1) is 6.92 Å². The van der Waals surface area contributed by atoms with Gasteiger partial charge in [0.2, 0.25) is 0 Å². The minimum absolute atomic E-state index is 0.0281. The summed E-state index contributed by atoms with van der Waals surface area (Å²) in [7, 11) is 3.90. The maximum Gasteiger partial charge on any atom is 0.196 e. The van der Waals surface area contributed by atoms with E-state index < -0.39 is 0 Å². The van der Waals surface area contributed by atoms with Crippen molar-refractivity contribution in [2.24, 2.45) is 0 Å². The van der Waals surface area contributed by atoms with Crippen LogP contribution in [0.3, 0.4) is 0 Å². The number of hydrogen-bond donors (Lipinski definition) is 1. The van der Waals surface area contributed by atoms with Crippen molar-refractivity contribution in [1.29, 1.82) is 0 Å². The van der Waals surface area contributed by atoms with E-state index in [1.165, 1.54) is 0 Å². The SMILES string of the molecule is Cc1c(-c2ccccc2)oc2c(CN(C)C)c(CO)ccc2c1=O. The van der Waals surface area contributed by atoms with Crippen LogP contribution in [0.1, 0.15) is 16.7 Å². The Balaban J connectivity index is 2.37. The molecule has 0 bridgehead atoms. The molecule has 3 aromatic rings. The minimum Gasteiger partial charge on any atom is -0.455 e. The van der Waals surface area contributed by atoms with Crippen LogP contribution in [0.4, 0.5) is 0 Å². The van der Waals surface area contributed by atoms with Gasteiger partial charge in [0.05, 0.1) is 12.0 Å². The van der Waals surface area contributed by atoms with Crippen molar-refractivity contribution < 1.29 is 9.52 Å². The molecule has 4 heteroatoms. The Hall–Kier alpha value is -2.43. The van der Waals surface area contributed by atoms with Crippen LogP contribution in [0.5, 0.6) is 0 Å². The summed E-state index contributed by atoms with van der Waals surface area (Å²) in [5.41, 5.74) is 3.64. The lowest BCUT2D eigenvalue weighted by atomic mass is 10.0. The van der Waals surface area contributed by atoms with Gasteiger partial charge in [0, 0.05) is 23.2 Å². The molecule has 24 heavy (non-hydrogen) atoms. The topological polar surface area (TPSA) is 53.7 Å². The summed E-state index contributed by atoms with van der Waals surface area (Å²) in [6.45, 7) is 2.30. The van der Waals surface area contributed by atoms with Crippen LogP contribution < -0.4 is 5.43 Å². The molecule has 0 spiro atoms. The first kappa shape index (κ1) is 16.4. The zero-order valence-corrected chi connectivity index (χ0v) is 14.2. The monoisotopic (exact) mass is 323 g/mol. The highest BCUT2D eigenvalue weighted by atomic mass is 16.3. The van der Waals surface area contributed by atoms with E-state index in [1.54, 1.807) is 19.1 Å². The predicted octanol–water partition coefficient (Wildman–Crippen LogP) is 3.32. The zero-order valence-electron chi connectivity index (χ0n) is 14.2. The van der Waals surface area contributed by atoms with Crippen LogP contribution in [-0.2, 0) is 13.2 Å². The Labute approximate surface area is 141 Å². The molecule has 1 heterocycles. The maximum atomic E-state index is 12.8. The Bertz CT molecular complexity index is 927. The molecule has 0 atom stereocenters. The number of fused-ring (bicyclic) bond motifs is 1. The highest BCUT2D eigenvalue weighted by molar-refractivity contribution is 5.84. The highest BCUT2D eigenvalue weighted by Gasteiger charge is 2.17. The summed E-state index contributed by atoms with van der Waals surface area (Å²) in [4.78, 5) is 14.8. The molecule has 0 aliphatic carbocycles. The van der Waals surface area contributed by atoms with Gasteiger partial charge < -0.3 is 14.4 Å². The quantitative estimate of drug-likeness (QED) is 0.800. The second-order valence-electron chi connectivity index (χ2n) is 6.23. The van der Waals surface area contributed by atoms with Gasteiger partial charge in [-0.25, -0.2) is 0 Å². The van der Waals surface area contributed by atoms with Gasteiger partial charge in [0.25, 0.3) is 0 Å². The Morgan fingerprint density at radius 1 is 1.08 bits per heavy atom. The van der Waals surface area contributed by atoms with Gasteiger partial charge in [0.1, 0.15) is 11.3 Å². The van der Waals surface area contributed by atoms with Gasteiger partial charge in [-0.2, -0.15) is 0 Å². The lowest BCUT2D eigenvalue weighted by Crippen LogP contribution is -2.15. The zero-order chi connectivity index (χ0) is 17.3. The lowest BCUT2D eigenvalue weighted by molar-refractivity contribution is 0.278.